The van der Waals surface area contributed by atoms with Crippen molar-refractivity contribution in [1.29, 1.82) is 0 Å². The van der Waals surface area contributed by atoms with Crippen molar-refractivity contribution in [3.05, 3.63) is 86.8 Å². The molecule has 178 valence electrons. The molecule has 1 atom stereocenters. The number of ether oxygens (including phenoxy) is 2. The van der Waals surface area contributed by atoms with Gasteiger partial charge in [-0.2, -0.15) is 0 Å². The van der Waals surface area contributed by atoms with Gasteiger partial charge < -0.3 is 14.0 Å². The molecule has 0 spiro atoms. The first-order valence-electron chi connectivity index (χ1n) is 11.3. The lowest BCUT2D eigenvalue weighted by atomic mass is 9.91. The minimum atomic E-state index is -0.581. The third kappa shape index (κ3) is 5.23. The molecular weight excluding hydrogens is 452 g/mol. The molecule has 0 amide bonds. The van der Waals surface area contributed by atoms with E-state index in [0.29, 0.717) is 22.0 Å². The van der Waals surface area contributed by atoms with Crippen molar-refractivity contribution in [2.45, 2.75) is 33.2 Å². The van der Waals surface area contributed by atoms with E-state index in [1.165, 1.54) is 4.57 Å². The molecule has 1 unspecified atom stereocenters. The number of aryl methyl sites for hydroxylation is 1. The van der Waals surface area contributed by atoms with Gasteiger partial charge in [-0.25, -0.2) is 0 Å². The topological polar surface area (TPSA) is 69.9 Å². The maximum atomic E-state index is 12.5. The Labute approximate surface area is 204 Å². The summed E-state index contributed by atoms with van der Waals surface area (Å²) in [5, 5.41) is 0.614. The molecule has 1 aliphatic heterocycles. The highest BCUT2D eigenvalue weighted by molar-refractivity contribution is 6.30. The number of aliphatic imine (C=N–C) groups is 1. The van der Waals surface area contributed by atoms with Crippen LogP contribution in [0, 0.1) is 0 Å². The SMILES string of the molecule is CC.CCOC(=O)CC1N=C(c2ccc(Cl)cc2)c2cc(OC)ccc2-c2cn(C)c(=O)cc21. The Morgan fingerprint density at radius 3 is 2.41 bits per heavy atom. The number of aromatic nitrogens is 1. The van der Waals surface area contributed by atoms with Gasteiger partial charge in [0.1, 0.15) is 5.75 Å². The van der Waals surface area contributed by atoms with Crippen LogP contribution in [-0.4, -0.2) is 30.0 Å². The van der Waals surface area contributed by atoms with Crippen LogP contribution in [0.1, 0.15) is 49.9 Å². The van der Waals surface area contributed by atoms with E-state index in [0.717, 1.165) is 22.3 Å². The molecule has 1 aliphatic rings. The number of nitrogens with zero attached hydrogens (tertiary/aromatic N) is 2. The second-order valence-electron chi connectivity index (χ2n) is 7.51. The molecule has 0 radical (unpaired) electrons. The van der Waals surface area contributed by atoms with Crippen LogP contribution in [0.15, 0.2) is 64.5 Å². The number of halogens is 1. The van der Waals surface area contributed by atoms with Crippen molar-refractivity contribution < 1.29 is 14.3 Å². The summed E-state index contributed by atoms with van der Waals surface area (Å²) in [5.41, 5.74) is 4.64. The van der Waals surface area contributed by atoms with E-state index in [4.69, 9.17) is 26.1 Å². The van der Waals surface area contributed by atoms with E-state index in [1.807, 2.05) is 44.2 Å². The van der Waals surface area contributed by atoms with Crippen molar-refractivity contribution in [2.75, 3.05) is 13.7 Å². The van der Waals surface area contributed by atoms with Crippen LogP contribution < -0.4 is 10.3 Å². The monoisotopic (exact) mass is 480 g/mol. The van der Waals surface area contributed by atoms with Crippen molar-refractivity contribution in [2.24, 2.45) is 12.0 Å². The van der Waals surface area contributed by atoms with Gasteiger partial charge in [0.05, 0.1) is 31.9 Å². The molecule has 0 saturated carbocycles. The summed E-state index contributed by atoms with van der Waals surface area (Å²) in [6.07, 6.45) is 1.82. The number of esters is 1. The van der Waals surface area contributed by atoms with Crippen molar-refractivity contribution in [3.63, 3.8) is 0 Å². The molecule has 4 rings (SSSR count). The summed E-state index contributed by atoms with van der Waals surface area (Å²) in [6, 6.07) is 14.1. The predicted molar refractivity (Wildman–Crippen MR) is 136 cm³/mol. The zero-order valence-electron chi connectivity index (χ0n) is 20.1. The first-order valence-corrected chi connectivity index (χ1v) is 11.7. The minimum Gasteiger partial charge on any atom is -0.497 e. The Morgan fingerprint density at radius 2 is 1.76 bits per heavy atom. The number of hydrogen-bond donors (Lipinski definition) is 0. The van der Waals surface area contributed by atoms with Crippen LogP contribution in [0.5, 0.6) is 5.75 Å². The fourth-order valence-electron chi connectivity index (χ4n) is 3.89. The predicted octanol–water partition coefficient (Wildman–Crippen LogP) is 5.59. The van der Waals surface area contributed by atoms with Crippen molar-refractivity contribution in [1.82, 2.24) is 4.57 Å². The second kappa shape index (κ2) is 11.2. The van der Waals surface area contributed by atoms with Crippen molar-refractivity contribution in [3.8, 4) is 16.9 Å². The Balaban J connectivity index is 0.00000158. The van der Waals surface area contributed by atoms with E-state index in [-0.39, 0.29) is 24.6 Å². The first kappa shape index (κ1) is 25.2. The molecule has 0 N–H and O–H groups in total. The molecule has 6 nitrogen and oxygen atoms in total. The molecule has 2 aromatic carbocycles. The van der Waals surface area contributed by atoms with Gasteiger partial charge in [-0.05, 0) is 48.4 Å². The largest absolute Gasteiger partial charge is 0.497 e. The van der Waals surface area contributed by atoms with Gasteiger partial charge in [0.15, 0.2) is 0 Å². The number of carbonyl (C=O) groups excluding carboxylic acids is 1. The number of fused-ring (bicyclic) bond motifs is 3. The lowest BCUT2D eigenvalue weighted by Crippen LogP contribution is -2.18. The van der Waals surface area contributed by atoms with Crippen molar-refractivity contribution >= 4 is 23.3 Å². The highest BCUT2D eigenvalue weighted by Gasteiger charge is 2.28. The smallest absolute Gasteiger partial charge is 0.308 e. The van der Waals surface area contributed by atoms with Crippen LogP contribution in [0.25, 0.3) is 11.1 Å². The lowest BCUT2D eigenvalue weighted by Gasteiger charge is -2.16. The standard InChI is InChI=1S/C25H23ClN2O4.C2H6/c1-4-32-24(30)13-22-19-12-23(29)28(2)14-21(19)18-10-9-17(31-3)11-20(18)25(27-22)15-5-7-16(26)8-6-15;1-2/h5-12,14,22H,4,13H2,1-3H3;1-2H3. The van der Waals surface area contributed by atoms with E-state index < -0.39 is 6.04 Å². The first-order chi connectivity index (χ1) is 16.4. The van der Waals surface area contributed by atoms with Crippen LogP contribution in [-0.2, 0) is 16.6 Å². The highest BCUT2D eigenvalue weighted by Crippen LogP contribution is 2.39. The Bertz CT molecular complexity index is 1260. The average Bonchev–Trinajstić information content (AvgIpc) is 2.96. The van der Waals surface area contributed by atoms with Gasteiger partial charge in [-0.1, -0.05) is 37.6 Å². The van der Waals surface area contributed by atoms with Crippen LogP contribution in [0.4, 0.5) is 0 Å². The van der Waals surface area contributed by atoms with Crippen LogP contribution in [0.3, 0.4) is 0 Å². The number of methoxy groups -OCH3 is 1. The summed E-state index contributed by atoms with van der Waals surface area (Å²) in [5.74, 6) is 0.312. The van der Waals surface area contributed by atoms with Gasteiger partial charge >= 0.3 is 5.97 Å². The molecule has 0 fully saturated rings. The fourth-order valence-corrected chi connectivity index (χ4v) is 4.02. The highest BCUT2D eigenvalue weighted by atomic mass is 35.5. The second-order valence-corrected chi connectivity index (χ2v) is 7.95. The van der Waals surface area contributed by atoms with E-state index >= 15 is 0 Å². The number of rotatable bonds is 5. The summed E-state index contributed by atoms with van der Waals surface area (Å²) in [4.78, 5) is 30.0. The maximum Gasteiger partial charge on any atom is 0.308 e. The molecular formula is C27H29ClN2O4. The fraction of sp³-hybridized carbons (Fsp3) is 0.296. The Morgan fingerprint density at radius 1 is 1.06 bits per heavy atom. The number of benzene rings is 2. The summed E-state index contributed by atoms with van der Waals surface area (Å²) >= 11 is 6.11. The Kier molecular flexibility index (Phi) is 8.29. The molecule has 0 bridgehead atoms. The van der Waals surface area contributed by atoms with Gasteiger partial charge in [0, 0.05) is 41.0 Å². The van der Waals surface area contributed by atoms with Gasteiger partial charge in [-0.15, -0.1) is 0 Å². The van der Waals surface area contributed by atoms with Crippen LogP contribution >= 0.6 is 11.6 Å². The molecule has 34 heavy (non-hydrogen) atoms. The zero-order chi connectivity index (χ0) is 24.8. The molecule has 0 aliphatic carbocycles. The molecule has 3 aromatic rings. The molecule has 2 heterocycles. The maximum absolute atomic E-state index is 12.5. The van der Waals surface area contributed by atoms with E-state index in [1.54, 1.807) is 45.5 Å². The minimum absolute atomic E-state index is 0.0240. The number of hydrogen-bond acceptors (Lipinski definition) is 5. The van der Waals surface area contributed by atoms with Gasteiger partial charge in [0.25, 0.3) is 5.56 Å². The van der Waals surface area contributed by atoms with E-state index in [2.05, 4.69) is 0 Å². The lowest BCUT2D eigenvalue weighted by molar-refractivity contribution is -0.143. The third-order valence-corrected chi connectivity index (χ3v) is 5.71. The quantitative estimate of drug-likeness (QED) is 0.446. The zero-order valence-corrected chi connectivity index (χ0v) is 20.8. The molecule has 7 heteroatoms. The number of carbonyl (C=O) groups is 1. The van der Waals surface area contributed by atoms with Crippen LogP contribution in [0.2, 0.25) is 5.02 Å². The third-order valence-electron chi connectivity index (χ3n) is 5.46. The molecule has 1 aromatic heterocycles. The van der Waals surface area contributed by atoms with Gasteiger partial charge in [-0.3, -0.25) is 14.6 Å². The van der Waals surface area contributed by atoms with Gasteiger partial charge in [0.2, 0.25) is 0 Å². The summed E-state index contributed by atoms with van der Waals surface area (Å²) in [6.45, 7) is 6.04. The normalized spacial score (nSPS) is 13.9. The summed E-state index contributed by atoms with van der Waals surface area (Å²) < 4.78 is 12.2. The molecule has 0 saturated heterocycles. The summed E-state index contributed by atoms with van der Waals surface area (Å²) in [7, 11) is 3.32. The Hall–Kier alpha value is -3.38. The number of pyridine rings is 1. The van der Waals surface area contributed by atoms with E-state index in [9.17, 15) is 9.59 Å². The average molecular weight is 481 g/mol.